The van der Waals surface area contributed by atoms with Gasteiger partial charge in [-0.3, -0.25) is 4.79 Å². The minimum Gasteiger partial charge on any atom is -0.508 e. The summed E-state index contributed by atoms with van der Waals surface area (Å²) in [5.41, 5.74) is 3.42. The predicted octanol–water partition coefficient (Wildman–Crippen LogP) is 2.31. The van der Waals surface area contributed by atoms with Crippen LogP contribution in [0.25, 0.3) is 0 Å². The summed E-state index contributed by atoms with van der Waals surface area (Å²) in [5.74, 6) is 0.335. The number of aryl methyl sites for hydroxylation is 1. The summed E-state index contributed by atoms with van der Waals surface area (Å²) < 4.78 is 0. The fourth-order valence-corrected chi connectivity index (χ4v) is 3.23. The van der Waals surface area contributed by atoms with E-state index in [-0.39, 0.29) is 4.87 Å². The summed E-state index contributed by atoms with van der Waals surface area (Å²) in [5, 5.41) is 14.9. The molecule has 2 aromatic rings. The fraction of sp³-hybridized carbons (Fsp3) is 0.357. The molecule has 3 N–H and O–H groups in total. The molecule has 1 aromatic heterocycles. The van der Waals surface area contributed by atoms with Crippen LogP contribution in [-0.2, 0) is 13.0 Å². The highest BCUT2D eigenvalue weighted by molar-refractivity contribution is 7.07. The first-order chi connectivity index (χ1) is 9.22. The second-order valence-electron chi connectivity index (χ2n) is 4.88. The van der Waals surface area contributed by atoms with Crippen molar-refractivity contribution in [2.24, 2.45) is 0 Å². The number of H-pyrrole nitrogens is 1. The lowest BCUT2D eigenvalue weighted by Gasteiger charge is -2.26. The van der Waals surface area contributed by atoms with E-state index in [1.165, 1.54) is 22.5 Å². The van der Waals surface area contributed by atoms with Gasteiger partial charge in [-0.15, -0.1) is 0 Å². The molecule has 1 unspecified atom stereocenters. The lowest BCUT2D eigenvalue weighted by atomic mass is 9.87. The average molecular weight is 276 g/mol. The van der Waals surface area contributed by atoms with Gasteiger partial charge in [-0.25, -0.2) is 0 Å². The number of thiazole rings is 1. The molecule has 1 aliphatic carbocycles. The largest absolute Gasteiger partial charge is 0.508 e. The standard InChI is InChI=1S/C14H16N2O2S/c17-11-4-5-12-9(6-11)2-1-3-13(12)15-7-10-8-19-14(18)16-10/h4-6,8,13,15,17H,1-3,7H2,(H,16,18). The Morgan fingerprint density at radius 1 is 1.47 bits per heavy atom. The zero-order valence-electron chi connectivity index (χ0n) is 10.5. The normalized spacial score (nSPS) is 18.2. The molecule has 0 saturated carbocycles. The second kappa shape index (κ2) is 5.19. The first kappa shape index (κ1) is 12.4. The Hall–Kier alpha value is -1.59. The monoisotopic (exact) mass is 276 g/mol. The minimum absolute atomic E-state index is 0.00855. The number of phenolic OH excluding ortho intramolecular Hbond substituents is 1. The van der Waals surface area contributed by atoms with E-state index in [4.69, 9.17) is 0 Å². The second-order valence-corrected chi connectivity index (χ2v) is 5.72. The number of hydrogen-bond acceptors (Lipinski definition) is 4. The zero-order chi connectivity index (χ0) is 13.2. The molecule has 0 fully saturated rings. The topological polar surface area (TPSA) is 65.1 Å². The number of fused-ring (bicyclic) bond motifs is 1. The van der Waals surface area contributed by atoms with Gasteiger partial charge in [-0.1, -0.05) is 17.4 Å². The first-order valence-corrected chi connectivity index (χ1v) is 7.32. The van der Waals surface area contributed by atoms with Crippen molar-refractivity contribution in [3.8, 4) is 5.75 Å². The van der Waals surface area contributed by atoms with Gasteiger partial charge in [0.1, 0.15) is 5.75 Å². The quantitative estimate of drug-likeness (QED) is 0.806. The third-order valence-electron chi connectivity index (χ3n) is 3.55. The first-order valence-electron chi connectivity index (χ1n) is 6.44. The zero-order valence-corrected chi connectivity index (χ0v) is 11.3. The Labute approximate surface area is 115 Å². The molecule has 4 nitrogen and oxygen atoms in total. The van der Waals surface area contributed by atoms with Gasteiger partial charge in [0.25, 0.3) is 0 Å². The SMILES string of the molecule is O=c1[nH]c(CNC2CCCc3cc(O)ccc32)cs1. The highest BCUT2D eigenvalue weighted by atomic mass is 32.1. The summed E-state index contributed by atoms with van der Waals surface area (Å²) in [4.78, 5) is 13.9. The van der Waals surface area contributed by atoms with Gasteiger partial charge in [0.15, 0.2) is 0 Å². The van der Waals surface area contributed by atoms with Crippen LogP contribution < -0.4 is 10.2 Å². The number of phenols is 1. The van der Waals surface area contributed by atoms with Crippen LogP contribution in [0.5, 0.6) is 5.75 Å². The van der Waals surface area contributed by atoms with Gasteiger partial charge >= 0.3 is 4.87 Å². The summed E-state index contributed by atoms with van der Waals surface area (Å²) >= 11 is 1.19. The van der Waals surface area contributed by atoms with Crippen molar-refractivity contribution < 1.29 is 5.11 Å². The Bertz CT molecular complexity index is 632. The number of nitrogens with one attached hydrogen (secondary N) is 2. The van der Waals surface area contributed by atoms with Crippen LogP contribution in [-0.4, -0.2) is 10.1 Å². The Morgan fingerprint density at radius 3 is 3.16 bits per heavy atom. The molecular formula is C14H16N2O2S. The van der Waals surface area contributed by atoms with E-state index >= 15 is 0 Å². The summed E-state index contributed by atoms with van der Waals surface area (Å²) in [6, 6.07) is 5.89. The Kier molecular flexibility index (Phi) is 3.40. The molecule has 1 atom stereocenters. The molecule has 0 spiro atoms. The third-order valence-corrected chi connectivity index (χ3v) is 4.27. The van der Waals surface area contributed by atoms with Gasteiger partial charge in [-0.2, -0.15) is 0 Å². The number of aromatic nitrogens is 1. The van der Waals surface area contributed by atoms with Gasteiger partial charge in [-0.05, 0) is 42.5 Å². The molecule has 0 radical (unpaired) electrons. The van der Waals surface area contributed by atoms with E-state index in [1.54, 1.807) is 6.07 Å². The van der Waals surface area contributed by atoms with Crippen molar-refractivity contribution >= 4 is 11.3 Å². The van der Waals surface area contributed by atoms with Gasteiger partial charge < -0.3 is 15.4 Å². The number of benzene rings is 1. The van der Waals surface area contributed by atoms with E-state index < -0.39 is 0 Å². The van der Waals surface area contributed by atoms with Crippen LogP contribution in [0.1, 0.15) is 35.7 Å². The van der Waals surface area contributed by atoms with Crippen molar-refractivity contribution in [2.75, 3.05) is 0 Å². The van der Waals surface area contributed by atoms with Gasteiger partial charge in [0.05, 0.1) is 0 Å². The highest BCUT2D eigenvalue weighted by Gasteiger charge is 2.20. The molecule has 1 aromatic carbocycles. The Balaban J connectivity index is 1.74. The van der Waals surface area contributed by atoms with E-state index in [2.05, 4.69) is 10.3 Å². The van der Waals surface area contributed by atoms with Crippen molar-refractivity contribution in [3.63, 3.8) is 0 Å². The predicted molar refractivity (Wildman–Crippen MR) is 75.6 cm³/mol. The highest BCUT2D eigenvalue weighted by Crippen LogP contribution is 2.31. The average Bonchev–Trinajstić information content (AvgIpc) is 2.81. The van der Waals surface area contributed by atoms with Gasteiger partial charge in [0.2, 0.25) is 0 Å². The van der Waals surface area contributed by atoms with E-state index in [1.807, 2.05) is 17.5 Å². The lowest BCUT2D eigenvalue weighted by molar-refractivity contribution is 0.448. The van der Waals surface area contributed by atoms with Crippen LogP contribution in [0.3, 0.4) is 0 Å². The summed E-state index contributed by atoms with van der Waals surface area (Å²) in [7, 11) is 0. The van der Waals surface area contributed by atoms with Crippen molar-refractivity contribution in [3.05, 3.63) is 50.1 Å². The molecule has 100 valence electrons. The molecule has 5 heteroatoms. The molecule has 19 heavy (non-hydrogen) atoms. The van der Waals surface area contributed by atoms with Crippen LogP contribution in [0.4, 0.5) is 0 Å². The van der Waals surface area contributed by atoms with E-state index in [0.717, 1.165) is 25.0 Å². The van der Waals surface area contributed by atoms with Crippen molar-refractivity contribution in [1.29, 1.82) is 0 Å². The molecule has 0 bridgehead atoms. The lowest BCUT2D eigenvalue weighted by Crippen LogP contribution is -2.25. The molecule has 0 amide bonds. The molecule has 0 saturated heterocycles. The van der Waals surface area contributed by atoms with Crippen molar-refractivity contribution in [1.82, 2.24) is 10.3 Å². The van der Waals surface area contributed by atoms with E-state index in [0.29, 0.717) is 18.3 Å². The maximum Gasteiger partial charge on any atom is 0.304 e. The van der Waals surface area contributed by atoms with Crippen LogP contribution in [0, 0.1) is 0 Å². The fourth-order valence-electron chi connectivity index (χ4n) is 2.65. The summed E-state index contributed by atoms with van der Waals surface area (Å²) in [6.45, 7) is 0.670. The smallest absolute Gasteiger partial charge is 0.304 e. The van der Waals surface area contributed by atoms with Crippen LogP contribution >= 0.6 is 11.3 Å². The number of rotatable bonds is 3. The van der Waals surface area contributed by atoms with Crippen LogP contribution in [0.15, 0.2) is 28.4 Å². The molecule has 0 aliphatic heterocycles. The molecule has 1 heterocycles. The summed E-state index contributed by atoms with van der Waals surface area (Å²) in [6.07, 6.45) is 3.23. The minimum atomic E-state index is -0.00855. The number of aromatic hydroxyl groups is 1. The van der Waals surface area contributed by atoms with Crippen LogP contribution in [0.2, 0.25) is 0 Å². The van der Waals surface area contributed by atoms with Crippen molar-refractivity contribution in [2.45, 2.75) is 31.8 Å². The molecular weight excluding hydrogens is 260 g/mol. The Morgan fingerprint density at radius 2 is 2.37 bits per heavy atom. The van der Waals surface area contributed by atoms with E-state index in [9.17, 15) is 9.90 Å². The van der Waals surface area contributed by atoms with Gasteiger partial charge in [0, 0.05) is 23.7 Å². The number of hydrogen-bond donors (Lipinski definition) is 3. The maximum atomic E-state index is 11.1. The molecule has 1 aliphatic rings. The maximum absolute atomic E-state index is 11.1. The number of aromatic amines is 1. The third kappa shape index (κ3) is 2.72. The molecule has 3 rings (SSSR count).